The van der Waals surface area contributed by atoms with E-state index in [2.05, 4.69) is 0 Å². The van der Waals surface area contributed by atoms with Crippen molar-refractivity contribution in [3.05, 3.63) is 23.5 Å². The van der Waals surface area contributed by atoms with Gasteiger partial charge in [-0.15, -0.1) is 0 Å². The summed E-state index contributed by atoms with van der Waals surface area (Å²) in [6.45, 7) is 20.3. The number of cyclic esters (lactones) is 2. The first kappa shape index (κ1) is 64.2. The highest BCUT2D eigenvalue weighted by molar-refractivity contribution is 5.98. The van der Waals surface area contributed by atoms with Gasteiger partial charge in [-0.3, -0.25) is 33.6 Å². The number of allylic oxidation sites excluding steroid dienone is 2. The maximum atomic E-state index is 14.8. The third-order valence-corrected chi connectivity index (χ3v) is 16.0. The molecule has 0 aromatic heterocycles. The number of methoxy groups -OCH3 is 2. The molecule has 0 aromatic carbocycles. The SMILES string of the molecule is CC[C@@H]1CCC[C@@H](O)[C@@H](C)C(=O)O[C@H](C)[C@@H](C)CC=C(C)C(OC)=CC(=O)N(C)C([C@@H](C)CC)C(=O)N(C)[C@@H](C(C)C)C(=O)N(C)[C@@H](COC)C(=O)N2CCC[C@H]2C(=O)N(C)[C@@H](C(C)C)C(=O)N2CCC[C@H]2C(=O)O1. The van der Waals surface area contributed by atoms with Crippen molar-refractivity contribution < 1.29 is 62.4 Å². The largest absolute Gasteiger partial charge is 0.496 e. The molecular weight excluding hydrogens is 965 g/mol. The summed E-state index contributed by atoms with van der Waals surface area (Å²) in [6, 6.07) is -6.08. The van der Waals surface area contributed by atoms with Gasteiger partial charge in [0.2, 0.25) is 29.5 Å². The Bertz CT molecular complexity index is 2040. The number of nitrogens with zero attached hydrogens (tertiary/aromatic N) is 6. The minimum absolute atomic E-state index is 0.165. The fourth-order valence-corrected chi connectivity index (χ4v) is 10.6. The van der Waals surface area contributed by atoms with E-state index in [9.17, 15) is 43.5 Å². The number of esters is 2. The van der Waals surface area contributed by atoms with Crippen LogP contribution in [0.25, 0.3) is 0 Å². The molecule has 426 valence electrons. The summed E-state index contributed by atoms with van der Waals surface area (Å²) in [6.07, 6.45) is 5.49. The molecule has 1 unspecified atom stereocenters. The lowest BCUT2D eigenvalue weighted by atomic mass is 9.93. The zero-order chi connectivity index (χ0) is 56.8. The highest BCUT2D eigenvalue weighted by Crippen LogP contribution is 2.29. The molecule has 0 spiro atoms. The molecule has 0 aromatic rings. The normalized spacial score (nSPS) is 30.7. The molecule has 0 saturated carbocycles. The van der Waals surface area contributed by atoms with Crippen LogP contribution >= 0.6 is 0 Å². The Labute approximate surface area is 448 Å². The van der Waals surface area contributed by atoms with Crippen LogP contribution in [-0.4, -0.2) is 199 Å². The minimum atomic E-state index is -1.19. The van der Waals surface area contributed by atoms with Gasteiger partial charge in [0.05, 0.1) is 25.7 Å². The van der Waals surface area contributed by atoms with Gasteiger partial charge in [-0.1, -0.05) is 67.9 Å². The first-order chi connectivity index (χ1) is 35.2. The second-order valence-corrected chi connectivity index (χ2v) is 22.1. The van der Waals surface area contributed by atoms with E-state index in [-0.39, 0.29) is 43.1 Å². The van der Waals surface area contributed by atoms with Gasteiger partial charge in [0.25, 0.3) is 5.91 Å². The van der Waals surface area contributed by atoms with Gasteiger partial charge in [-0.25, -0.2) is 4.79 Å². The average Bonchev–Trinajstić information content (AvgIpc) is 4.08. The zero-order valence-corrected chi connectivity index (χ0v) is 48.5. The molecule has 2 saturated heterocycles. The predicted octanol–water partition coefficient (Wildman–Crippen LogP) is 5.22. The van der Waals surface area contributed by atoms with Crippen LogP contribution in [-0.2, 0) is 57.3 Å². The van der Waals surface area contributed by atoms with Crippen LogP contribution in [0, 0.1) is 29.6 Å². The lowest BCUT2D eigenvalue weighted by Gasteiger charge is -2.41. The molecule has 0 bridgehead atoms. The van der Waals surface area contributed by atoms with Crippen molar-refractivity contribution in [3.8, 4) is 0 Å². The molecule has 19 nitrogen and oxygen atoms in total. The third-order valence-electron chi connectivity index (χ3n) is 16.0. The van der Waals surface area contributed by atoms with Crippen molar-refractivity contribution in [1.82, 2.24) is 29.4 Å². The first-order valence-corrected chi connectivity index (χ1v) is 27.4. The van der Waals surface area contributed by atoms with Crippen LogP contribution in [0.3, 0.4) is 0 Å². The van der Waals surface area contributed by atoms with E-state index in [0.717, 1.165) is 0 Å². The zero-order valence-electron chi connectivity index (χ0n) is 48.5. The Balaban J connectivity index is 2.11. The van der Waals surface area contributed by atoms with Gasteiger partial charge < -0.3 is 53.5 Å². The number of aliphatic hydroxyl groups excluding tert-OH is 1. The number of hydrogen-bond acceptors (Lipinski definition) is 13. The smallest absolute Gasteiger partial charge is 0.329 e. The van der Waals surface area contributed by atoms with Gasteiger partial charge >= 0.3 is 11.9 Å². The molecule has 0 radical (unpaired) electrons. The van der Waals surface area contributed by atoms with E-state index >= 15 is 0 Å². The van der Waals surface area contributed by atoms with Crippen molar-refractivity contribution in [2.75, 3.05) is 62.1 Å². The van der Waals surface area contributed by atoms with E-state index in [1.165, 1.54) is 70.8 Å². The Morgan fingerprint density at radius 3 is 1.75 bits per heavy atom. The summed E-state index contributed by atoms with van der Waals surface area (Å²) in [5, 5.41) is 11.1. The minimum Gasteiger partial charge on any atom is -0.496 e. The van der Waals surface area contributed by atoms with Gasteiger partial charge in [0.1, 0.15) is 54.2 Å². The number of ether oxygens (including phenoxy) is 4. The summed E-state index contributed by atoms with van der Waals surface area (Å²) < 4.78 is 23.1. The predicted molar refractivity (Wildman–Crippen MR) is 284 cm³/mol. The van der Waals surface area contributed by atoms with Crippen LogP contribution < -0.4 is 0 Å². The van der Waals surface area contributed by atoms with Crippen molar-refractivity contribution in [3.63, 3.8) is 0 Å². The topological polar surface area (TPSA) is 213 Å². The van der Waals surface area contributed by atoms with E-state index in [0.29, 0.717) is 69.9 Å². The van der Waals surface area contributed by atoms with Crippen molar-refractivity contribution >= 4 is 47.4 Å². The monoisotopic (exact) mass is 1060 g/mol. The highest BCUT2D eigenvalue weighted by Gasteiger charge is 2.47. The molecule has 0 aliphatic carbocycles. The number of hydrogen-bond donors (Lipinski definition) is 1. The van der Waals surface area contributed by atoms with Gasteiger partial charge in [0.15, 0.2) is 0 Å². The van der Waals surface area contributed by atoms with E-state index in [4.69, 9.17) is 18.9 Å². The third kappa shape index (κ3) is 16.0. The summed E-state index contributed by atoms with van der Waals surface area (Å²) in [4.78, 5) is 123. The molecule has 3 aliphatic rings. The average molecular weight is 1060 g/mol. The van der Waals surface area contributed by atoms with Crippen molar-refractivity contribution in [2.24, 2.45) is 29.6 Å². The van der Waals surface area contributed by atoms with Crippen molar-refractivity contribution in [2.45, 2.75) is 195 Å². The molecule has 12 atom stereocenters. The Morgan fingerprint density at radius 1 is 0.653 bits per heavy atom. The van der Waals surface area contributed by atoms with E-state index in [1.54, 1.807) is 41.7 Å². The number of carbonyl (C=O) groups excluding carboxylic acids is 8. The highest BCUT2D eigenvalue weighted by atomic mass is 16.5. The molecular formula is C56H94N6O13. The van der Waals surface area contributed by atoms with Crippen LogP contribution in [0.1, 0.15) is 140 Å². The Hall–Kier alpha value is -5.04. The number of likely N-dealkylation sites (N-methyl/N-ethyl adjacent to an activating group) is 4. The maximum Gasteiger partial charge on any atom is 0.329 e. The molecule has 1 N–H and O–H groups in total. The molecule has 3 aliphatic heterocycles. The van der Waals surface area contributed by atoms with Crippen molar-refractivity contribution in [1.29, 1.82) is 0 Å². The summed E-state index contributed by atoms with van der Waals surface area (Å²) in [5.74, 6) is -5.91. The van der Waals surface area contributed by atoms with Crippen LogP contribution in [0.4, 0.5) is 0 Å². The van der Waals surface area contributed by atoms with Crippen LogP contribution in [0.15, 0.2) is 23.5 Å². The molecule has 19 heteroatoms. The molecule has 6 amide bonds. The lowest BCUT2D eigenvalue weighted by molar-refractivity contribution is -0.162. The number of amides is 6. The standard InChI is InChI=1S/C56H94N6O13/c1-18-35(7)49-53(68)60(15)47(33(3)4)52(67)57(12)43(32-72-16)51(66)61-29-21-24-41(61)50(65)59(14)48(34(5)6)54(69)62-30-22-25-42(62)56(71)75-40(19-2)23-20-26-44(63)38(10)55(70)74-39(11)36(8)27-28-37(9)45(73-17)31-46(64)58(49)13/h28,31,33-36,38-44,47-49,63H,18-27,29-30,32H2,1-17H3/t35-,36-,38+,39+,40+,41-,42-,43-,44+,47-,48-,49?/m0/s1. The Kier molecular flexibility index (Phi) is 25.2. The molecule has 2 fully saturated rings. The summed E-state index contributed by atoms with van der Waals surface area (Å²) >= 11 is 0. The quantitative estimate of drug-likeness (QED) is 0.310. The molecule has 3 heterocycles. The number of carbonyl (C=O) groups is 8. The lowest BCUT2D eigenvalue weighted by Crippen LogP contribution is -2.62. The van der Waals surface area contributed by atoms with Gasteiger partial charge in [0, 0.05) is 54.5 Å². The number of rotatable bonds is 8. The second kappa shape index (κ2) is 29.5. The fourth-order valence-electron chi connectivity index (χ4n) is 10.6. The van der Waals surface area contributed by atoms with Crippen LogP contribution in [0.2, 0.25) is 0 Å². The van der Waals surface area contributed by atoms with Crippen LogP contribution in [0.5, 0.6) is 0 Å². The molecule has 3 rings (SSSR count). The van der Waals surface area contributed by atoms with E-state index < -0.39 is 114 Å². The Morgan fingerprint density at radius 2 is 1.20 bits per heavy atom. The maximum absolute atomic E-state index is 14.8. The number of aliphatic hydroxyl groups is 1. The molecule has 75 heavy (non-hydrogen) atoms. The summed E-state index contributed by atoms with van der Waals surface area (Å²) in [7, 11) is 8.94. The van der Waals surface area contributed by atoms with E-state index in [1.807, 2.05) is 47.6 Å². The first-order valence-electron chi connectivity index (χ1n) is 27.4. The fraction of sp³-hybridized carbons (Fsp3) is 0.786. The van der Waals surface area contributed by atoms with Gasteiger partial charge in [-0.2, -0.15) is 0 Å². The van der Waals surface area contributed by atoms with Gasteiger partial charge in [-0.05, 0) is 108 Å². The number of fused-ring (bicyclic) bond motifs is 2. The summed E-state index contributed by atoms with van der Waals surface area (Å²) in [5.41, 5.74) is 0.639. The second-order valence-electron chi connectivity index (χ2n) is 22.1.